The molecule has 0 spiro atoms. The van der Waals surface area contributed by atoms with Crippen molar-refractivity contribution in [2.24, 2.45) is 0 Å². The molecule has 0 aliphatic carbocycles. The van der Waals surface area contributed by atoms with Crippen LogP contribution in [0.15, 0.2) is 42.5 Å². The van der Waals surface area contributed by atoms with Gasteiger partial charge in [-0.2, -0.15) is 0 Å². The molecule has 5 nitrogen and oxygen atoms in total. The molecular weight excluding hydrogens is 330 g/mol. The number of benzene rings is 2. The average molecular weight is 355 g/mol. The molecule has 2 aromatic carbocycles. The number of amides is 1. The summed E-state index contributed by atoms with van der Waals surface area (Å²) in [6.07, 6.45) is 0. The second-order valence-corrected chi connectivity index (χ2v) is 7.17. The highest BCUT2D eigenvalue weighted by atomic mass is 16.6. The summed E-state index contributed by atoms with van der Waals surface area (Å²) in [4.78, 5) is 24.0. The molecule has 2 aromatic rings. The number of hydrogen-bond acceptors (Lipinski definition) is 4. The molecule has 1 amide bonds. The van der Waals surface area contributed by atoms with Crippen molar-refractivity contribution in [3.05, 3.63) is 59.2 Å². The Morgan fingerprint density at radius 3 is 2.23 bits per heavy atom. The van der Waals surface area contributed by atoms with Crippen LogP contribution in [0.1, 0.15) is 42.3 Å². The van der Waals surface area contributed by atoms with Gasteiger partial charge in [0, 0.05) is 11.3 Å². The summed E-state index contributed by atoms with van der Waals surface area (Å²) in [6, 6.07) is 12.5. The number of carbonyl (C=O) groups excluding carboxylic acids is 2. The lowest BCUT2D eigenvalue weighted by Crippen LogP contribution is -2.27. The molecule has 0 saturated carbocycles. The van der Waals surface area contributed by atoms with Gasteiger partial charge in [0.05, 0.1) is 0 Å². The van der Waals surface area contributed by atoms with Crippen molar-refractivity contribution in [1.29, 1.82) is 0 Å². The molecule has 0 aromatic heterocycles. The van der Waals surface area contributed by atoms with E-state index < -0.39 is 11.6 Å². The first-order chi connectivity index (χ1) is 12.1. The van der Waals surface area contributed by atoms with E-state index in [9.17, 15) is 9.59 Å². The zero-order chi connectivity index (χ0) is 19.3. The van der Waals surface area contributed by atoms with E-state index in [2.05, 4.69) is 5.32 Å². The van der Waals surface area contributed by atoms with Crippen molar-refractivity contribution in [3.63, 3.8) is 0 Å². The van der Waals surface area contributed by atoms with Crippen LogP contribution < -0.4 is 10.1 Å². The summed E-state index contributed by atoms with van der Waals surface area (Å²) < 4.78 is 10.6. The average Bonchev–Trinajstić information content (AvgIpc) is 2.54. The molecule has 0 saturated heterocycles. The molecule has 0 atom stereocenters. The molecule has 0 fully saturated rings. The van der Waals surface area contributed by atoms with Crippen molar-refractivity contribution in [3.8, 4) is 5.75 Å². The Kier molecular flexibility index (Phi) is 6.03. The molecule has 0 heterocycles. The smallest absolute Gasteiger partial charge is 0.344 e. The Hall–Kier alpha value is -2.82. The molecule has 138 valence electrons. The lowest BCUT2D eigenvalue weighted by atomic mass is 10.1. The van der Waals surface area contributed by atoms with Gasteiger partial charge in [-0.1, -0.05) is 17.7 Å². The van der Waals surface area contributed by atoms with Crippen LogP contribution in [0.25, 0.3) is 0 Å². The van der Waals surface area contributed by atoms with E-state index in [0.717, 1.165) is 16.8 Å². The van der Waals surface area contributed by atoms with Gasteiger partial charge in [0.2, 0.25) is 0 Å². The zero-order valence-electron chi connectivity index (χ0n) is 15.9. The van der Waals surface area contributed by atoms with Gasteiger partial charge < -0.3 is 14.8 Å². The minimum absolute atomic E-state index is 0.175. The van der Waals surface area contributed by atoms with Gasteiger partial charge in [0.1, 0.15) is 11.4 Å². The number of nitrogens with one attached hydrogen (secondary N) is 1. The molecule has 0 bridgehead atoms. The van der Waals surface area contributed by atoms with Crippen LogP contribution in [0, 0.1) is 13.8 Å². The molecule has 0 radical (unpaired) electrons. The lowest BCUT2D eigenvalue weighted by molar-refractivity contribution is -0.157. The van der Waals surface area contributed by atoms with Crippen LogP contribution in [0.3, 0.4) is 0 Å². The summed E-state index contributed by atoms with van der Waals surface area (Å²) in [6.45, 7) is 9.19. The van der Waals surface area contributed by atoms with Crippen LogP contribution >= 0.6 is 0 Å². The van der Waals surface area contributed by atoms with Gasteiger partial charge in [0.15, 0.2) is 6.61 Å². The van der Waals surface area contributed by atoms with Gasteiger partial charge in [0.25, 0.3) is 5.91 Å². The number of hydrogen-bond donors (Lipinski definition) is 1. The largest absolute Gasteiger partial charge is 0.482 e. The summed E-state index contributed by atoms with van der Waals surface area (Å²) >= 11 is 0. The SMILES string of the molecule is Cc1ccc(NC(=O)c2ccc(OCC(=O)OC(C)(C)C)cc2)c(C)c1. The van der Waals surface area contributed by atoms with E-state index in [0.29, 0.717) is 11.3 Å². The highest BCUT2D eigenvalue weighted by Gasteiger charge is 2.16. The first kappa shape index (κ1) is 19.5. The first-order valence-corrected chi connectivity index (χ1v) is 8.47. The van der Waals surface area contributed by atoms with Crippen molar-refractivity contribution >= 4 is 17.6 Å². The van der Waals surface area contributed by atoms with E-state index in [1.807, 2.05) is 32.0 Å². The Balaban J connectivity index is 1.94. The highest BCUT2D eigenvalue weighted by Crippen LogP contribution is 2.18. The quantitative estimate of drug-likeness (QED) is 0.813. The predicted octanol–water partition coefficient (Wildman–Crippen LogP) is 4.28. The van der Waals surface area contributed by atoms with Crippen LogP contribution in [0.5, 0.6) is 5.75 Å². The third kappa shape index (κ3) is 5.92. The third-order valence-electron chi connectivity index (χ3n) is 3.52. The van der Waals surface area contributed by atoms with Gasteiger partial charge in [-0.05, 0) is 70.5 Å². The molecule has 5 heteroatoms. The standard InChI is InChI=1S/C21H25NO4/c1-14-6-11-18(15(2)12-14)22-20(24)16-7-9-17(10-8-16)25-13-19(23)26-21(3,4)5/h6-12H,13H2,1-5H3,(H,22,24). The van der Waals surface area contributed by atoms with E-state index >= 15 is 0 Å². The molecule has 0 unspecified atom stereocenters. The summed E-state index contributed by atoms with van der Waals surface area (Å²) in [5.41, 5.74) is 2.90. The number of rotatable bonds is 5. The third-order valence-corrected chi connectivity index (χ3v) is 3.52. The number of ether oxygens (including phenoxy) is 2. The van der Waals surface area contributed by atoms with E-state index in [1.54, 1.807) is 45.0 Å². The van der Waals surface area contributed by atoms with Gasteiger partial charge in [-0.3, -0.25) is 4.79 Å². The molecular formula is C21H25NO4. The van der Waals surface area contributed by atoms with Crippen LogP contribution in [0.4, 0.5) is 5.69 Å². The second-order valence-electron chi connectivity index (χ2n) is 7.17. The topological polar surface area (TPSA) is 64.6 Å². The van der Waals surface area contributed by atoms with Crippen molar-refractivity contribution in [1.82, 2.24) is 0 Å². The molecule has 0 aliphatic rings. The fourth-order valence-corrected chi connectivity index (χ4v) is 2.36. The fraction of sp³-hybridized carbons (Fsp3) is 0.333. The normalized spacial score (nSPS) is 11.0. The zero-order valence-corrected chi connectivity index (χ0v) is 15.9. The monoisotopic (exact) mass is 355 g/mol. The van der Waals surface area contributed by atoms with Crippen molar-refractivity contribution < 1.29 is 19.1 Å². The molecule has 2 rings (SSSR count). The molecule has 1 N–H and O–H groups in total. The maximum Gasteiger partial charge on any atom is 0.344 e. The van der Waals surface area contributed by atoms with Crippen molar-refractivity contribution in [2.45, 2.75) is 40.2 Å². The minimum Gasteiger partial charge on any atom is -0.482 e. The Morgan fingerprint density at radius 2 is 1.65 bits per heavy atom. The Labute approximate surface area is 154 Å². The van der Waals surface area contributed by atoms with Gasteiger partial charge in [-0.15, -0.1) is 0 Å². The molecule has 26 heavy (non-hydrogen) atoms. The van der Waals surface area contributed by atoms with Crippen LogP contribution in [-0.4, -0.2) is 24.1 Å². The minimum atomic E-state index is -0.545. The summed E-state index contributed by atoms with van der Waals surface area (Å²) in [5.74, 6) is -0.135. The molecule has 0 aliphatic heterocycles. The number of anilines is 1. The second kappa shape index (κ2) is 8.04. The van der Waals surface area contributed by atoms with Crippen LogP contribution in [-0.2, 0) is 9.53 Å². The van der Waals surface area contributed by atoms with Crippen molar-refractivity contribution in [2.75, 3.05) is 11.9 Å². The maximum atomic E-state index is 12.4. The predicted molar refractivity (Wildman–Crippen MR) is 102 cm³/mol. The van der Waals surface area contributed by atoms with E-state index in [4.69, 9.17) is 9.47 Å². The highest BCUT2D eigenvalue weighted by molar-refractivity contribution is 6.04. The number of aryl methyl sites for hydroxylation is 2. The number of carbonyl (C=O) groups is 2. The maximum absolute atomic E-state index is 12.4. The van der Waals surface area contributed by atoms with E-state index in [-0.39, 0.29) is 12.5 Å². The Morgan fingerprint density at radius 1 is 1.00 bits per heavy atom. The van der Waals surface area contributed by atoms with Gasteiger partial charge >= 0.3 is 5.97 Å². The van der Waals surface area contributed by atoms with Gasteiger partial charge in [-0.25, -0.2) is 4.79 Å². The summed E-state index contributed by atoms with van der Waals surface area (Å²) in [7, 11) is 0. The lowest BCUT2D eigenvalue weighted by Gasteiger charge is -2.19. The fourth-order valence-electron chi connectivity index (χ4n) is 2.36. The van der Waals surface area contributed by atoms with Crippen LogP contribution in [0.2, 0.25) is 0 Å². The Bertz CT molecular complexity index is 789. The number of esters is 1. The summed E-state index contributed by atoms with van der Waals surface area (Å²) in [5, 5.41) is 2.90. The van der Waals surface area contributed by atoms with E-state index in [1.165, 1.54) is 0 Å². The first-order valence-electron chi connectivity index (χ1n) is 8.47.